The number of alkyl halides is 3. The van der Waals surface area contributed by atoms with Crippen LogP contribution in [0.1, 0.15) is 29.5 Å². The van der Waals surface area contributed by atoms with Gasteiger partial charge in [-0.3, -0.25) is 0 Å². The highest BCUT2D eigenvalue weighted by molar-refractivity contribution is 5.89. The number of fused-ring (bicyclic) bond motifs is 1. The summed E-state index contributed by atoms with van der Waals surface area (Å²) in [5.74, 6) is -0.624. The minimum absolute atomic E-state index is 0.321. The van der Waals surface area contributed by atoms with Crippen molar-refractivity contribution in [2.24, 2.45) is 0 Å². The molecule has 102 valence electrons. The Bertz CT molecular complexity index is 666. The first kappa shape index (κ1) is 13.0. The number of hydrogen-bond acceptors (Lipinski definition) is 0. The fourth-order valence-corrected chi connectivity index (χ4v) is 2.92. The molecule has 1 atom stereocenters. The van der Waals surface area contributed by atoms with Gasteiger partial charge in [-0.2, -0.15) is 13.2 Å². The van der Waals surface area contributed by atoms with Gasteiger partial charge in [-0.15, -0.1) is 0 Å². The molecular weight excluding hydrogens is 261 g/mol. The molecular formula is C17H13F3. The average molecular weight is 274 g/mol. The van der Waals surface area contributed by atoms with E-state index in [-0.39, 0.29) is 0 Å². The summed E-state index contributed by atoms with van der Waals surface area (Å²) in [4.78, 5) is 0. The number of halogens is 3. The molecule has 0 aliphatic heterocycles. The Kier molecular flexibility index (Phi) is 2.93. The number of hydrogen-bond donors (Lipinski definition) is 0. The summed E-state index contributed by atoms with van der Waals surface area (Å²) in [5, 5.41) is 0. The Morgan fingerprint density at radius 2 is 1.45 bits per heavy atom. The summed E-state index contributed by atoms with van der Waals surface area (Å²) in [6.45, 7) is 1.62. The van der Waals surface area contributed by atoms with Crippen LogP contribution in [-0.4, -0.2) is 6.18 Å². The molecule has 0 heterocycles. The maximum Gasteiger partial charge on any atom is 0.413 e. The van der Waals surface area contributed by atoms with Crippen molar-refractivity contribution in [1.29, 1.82) is 0 Å². The van der Waals surface area contributed by atoms with Crippen molar-refractivity contribution in [2.75, 3.05) is 0 Å². The second-order valence-electron chi connectivity index (χ2n) is 4.96. The fraction of sp³-hybridized carbons (Fsp3) is 0.176. The van der Waals surface area contributed by atoms with Gasteiger partial charge in [-0.05, 0) is 22.3 Å². The molecule has 3 rings (SSSR count). The number of allylic oxidation sites excluding steroid dienone is 1. The van der Waals surface area contributed by atoms with Gasteiger partial charge in [0.2, 0.25) is 0 Å². The molecule has 20 heavy (non-hydrogen) atoms. The van der Waals surface area contributed by atoms with Crippen LogP contribution in [0.2, 0.25) is 0 Å². The highest BCUT2D eigenvalue weighted by Crippen LogP contribution is 2.50. The topological polar surface area (TPSA) is 0 Å². The molecule has 0 saturated carbocycles. The van der Waals surface area contributed by atoms with E-state index in [4.69, 9.17) is 0 Å². The zero-order chi connectivity index (χ0) is 14.3. The van der Waals surface area contributed by atoms with Crippen LogP contribution in [-0.2, 0) is 0 Å². The molecule has 0 aromatic heterocycles. The van der Waals surface area contributed by atoms with E-state index in [0.717, 1.165) is 5.56 Å². The third-order valence-corrected chi connectivity index (χ3v) is 3.77. The van der Waals surface area contributed by atoms with E-state index in [9.17, 15) is 13.2 Å². The van der Waals surface area contributed by atoms with E-state index in [1.807, 2.05) is 6.07 Å². The Morgan fingerprint density at radius 3 is 2.10 bits per heavy atom. The third kappa shape index (κ3) is 1.94. The molecule has 0 radical (unpaired) electrons. The molecule has 1 unspecified atom stereocenters. The van der Waals surface area contributed by atoms with Crippen molar-refractivity contribution >= 4 is 5.57 Å². The smallest absolute Gasteiger partial charge is 0.166 e. The van der Waals surface area contributed by atoms with Gasteiger partial charge < -0.3 is 0 Å². The normalized spacial score (nSPS) is 18.3. The van der Waals surface area contributed by atoms with Crippen molar-refractivity contribution in [2.45, 2.75) is 19.0 Å². The minimum Gasteiger partial charge on any atom is -0.166 e. The molecule has 0 spiro atoms. The van der Waals surface area contributed by atoms with Crippen LogP contribution in [0, 0.1) is 0 Å². The first-order chi connectivity index (χ1) is 9.50. The first-order valence-electron chi connectivity index (χ1n) is 6.46. The van der Waals surface area contributed by atoms with Crippen molar-refractivity contribution in [1.82, 2.24) is 0 Å². The molecule has 1 aliphatic rings. The Balaban J connectivity index is 2.31. The highest BCUT2D eigenvalue weighted by Gasteiger charge is 2.44. The Hall–Kier alpha value is -2.03. The van der Waals surface area contributed by atoms with Crippen molar-refractivity contribution in [3.63, 3.8) is 0 Å². The lowest BCUT2D eigenvalue weighted by molar-refractivity contribution is -0.0942. The van der Waals surface area contributed by atoms with Gasteiger partial charge in [-0.1, -0.05) is 61.5 Å². The summed E-state index contributed by atoms with van der Waals surface area (Å²) < 4.78 is 40.4. The van der Waals surface area contributed by atoms with Gasteiger partial charge in [-0.25, -0.2) is 0 Å². The zero-order valence-electron chi connectivity index (χ0n) is 10.9. The summed E-state index contributed by atoms with van der Waals surface area (Å²) in [5.41, 5.74) is 1.94. The van der Waals surface area contributed by atoms with E-state index in [1.165, 1.54) is 0 Å². The maximum absolute atomic E-state index is 13.5. The van der Waals surface area contributed by atoms with Gasteiger partial charge in [0.15, 0.2) is 0 Å². The second-order valence-corrected chi connectivity index (χ2v) is 4.96. The zero-order valence-corrected chi connectivity index (χ0v) is 10.9. The van der Waals surface area contributed by atoms with Gasteiger partial charge in [0.25, 0.3) is 0 Å². The summed E-state index contributed by atoms with van der Waals surface area (Å²) in [7, 11) is 0. The largest absolute Gasteiger partial charge is 0.413 e. The quantitative estimate of drug-likeness (QED) is 0.673. The molecule has 3 heteroatoms. The standard InChI is InChI=1S/C17H13F3/c1-11-13-9-5-6-10-14(13)15(16(11)17(18,19)20)12-7-3-2-4-8-12/h2-11H,1H3. The van der Waals surface area contributed by atoms with Crippen LogP contribution in [0.4, 0.5) is 13.2 Å². The van der Waals surface area contributed by atoms with Crippen LogP contribution in [0.25, 0.3) is 5.57 Å². The first-order valence-corrected chi connectivity index (χ1v) is 6.46. The molecule has 0 N–H and O–H groups in total. The van der Waals surface area contributed by atoms with E-state index in [0.29, 0.717) is 16.7 Å². The Labute approximate surface area is 115 Å². The molecule has 0 saturated heterocycles. The van der Waals surface area contributed by atoms with Gasteiger partial charge in [0.05, 0.1) is 0 Å². The molecule has 0 fully saturated rings. The summed E-state index contributed by atoms with van der Waals surface area (Å²) in [6.07, 6.45) is -4.32. The van der Waals surface area contributed by atoms with Crippen molar-refractivity contribution < 1.29 is 13.2 Å². The molecule has 2 aromatic rings. The predicted octanol–water partition coefficient (Wildman–Crippen LogP) is 5.17. The van der Waals surface area contributed by atoms with Crippen LogP contribution in [0.15, 0.2) is 60.2 Å². The van der Waals surface area contributed by atoms with E-state index < -0.39 is 17.7 Å². The van der Waals surface area contributed by atoms with Crippen LogP contribution >= 0.6 is 0 Å². The monoisotopic (exact) mass is 274 g/mol. The summed E-state index contributed by atoms with van der Waals surface area (Å²) >= 11 is 0. The fourth-order valence-electron chi connectivity index (χ4n) is 2.92. The molecule has 0 nitrogen and oxygen atoms in total. The average Bonchev–Trinajstić information content (AvgIpc) is 2.74. The highest BCUT2D eigenvalue weighted by atomic mass is 19.4. The van der Waals surface area contributed by atoms with E-state index in [2.05, 4.69) is 0 Å². The lowest BCUT2D eigenvalue weighted by atomic mass is 9.96. The second kappa shape index (κ2) is 4.51. The van der Waals surface area contributed by atoms with Crippen molar-refractivity contribution in [3.8, 4) is 0 Å². The molecule has 1 aliphatic carbocycles. The lowest BCUT2D eigenvalue weighted by Crippen LogP contribution is -2.15. The maximum atomic E-state index is 13.5. The van der Waals surface area contributed by atoms with E-state index in [1.54, 1.807) is 55.5 Å². The predicted molar refractivity (Wildman–Crippen MR) is 73.4 cm³/mol. The summed E-state index contributed by atoms with van der Waals surface area (Å²) in [6, 6.07) is 15.9. The molecule has 2 aromatic carbocycles. The van der Waals surface area contributed by atoms with Crippen LogP contribution in [0.3, 0.4) is 0 Å². The third-order valence-electron chi connectivity index (χ3n) is 3.77. The Morgan fingerprint density at radius 1 is 0.850 bits per heavy atom. The minimum atomic E-state index is -4.32. The molecule has 0 amide bonds. The van der Waals surface area contributed by atoms with Gasteiger partial charge >= 0.3 is 6.18 Å². The lowest BCUT2D eigenvalue weighted by Gasteiger charge is -2.15. The van der Waals surface area contributed by atoms with Crippen LogP contribution in [0.5, 0.6) is 0 Å². The number of rotatable bonds is 1. The van der Waals surface area contributed by atoms with Crippen LogP contribution < -0.4 is 0 Å². The number of benzene rings is 2. The van der Waals surface area contributed by atoms with Gasteiger partial charge in [0.1, 0.15) is 0 Å². The molecule has 0 bridgehead atoms. The van der Waals surface area contributed by atoms with E-state index >= 15 is 0 Å². The SMILES string of the molecule is CC1C(C(F)(F)F)=C(c2ccccc2)c2ccccc21. The van der Waals surface area contributed by atoms with Gasteiger partial charge in [0, 0.05) is 11.5 Å². The van der Waals surface area contributed by atoms with Crippen molar-refractivity contribution in [3.05, 3.63) is 76.9 Å².